The lowest BCUT2D eigenvalue weighted by atomic mass is 10.0. The number of phenolic OH excluding ortho intramolecular Hbond substituents is 1. The first kappa shape index (κ1) is 16.2. The van der Waals surface area contributed by atoms with Crippen molar-refractivity contribution in [2.24, 2.45) is 0 Å². The number of aliphatic hydroxyl groups excluding tert-OH is 1. The summed E-state index contributed by atoms with van der Waals surface area (Å²) >= 11 is -1.38. The van der Waals surface area contributed by atoms with E-state index in [4.69, 9.17) is 5.11 Å². The molecule has 108 valence electrons. The topological polar surface area (TPSA) is 75.5 Å². The summed E-state index contributed by atoms with van der Waals surface area (Å²) in [5, 5.41) is 18.8. The van der Waals surface area contributed by atoms with Gasteiger partial charge in [-0.3, -0.25) is 0 Å². The number of halogens is 1. The molecule has 2 atom stereocenters. The minimum atomic E-state index is -1.38. The maximum absolute atomic E-state index is 13.2. The zero-order valence-electron chi connectivity index (χ0n) is 11.3. The third-order valence-corrected chi connectivity index (χ3v) is 4.20. The number of hydrogen-bond acceptors (Lipinski definition) is 4. The highest BCUT2D eigenvalue weighted by Gasteiger charge is 2.30. The molecule has 4 nitrogen and oxygen atoms in total. The van der Waals surface area contributed by atoms with E-state index in [0.29, 0.717) is 5.56 Å². The van der Waals surface area contributed by atoms with E-state index in [9.17, 15) is 14.0 Å². The summed E-state index contributed by atoms with van der Waals surface area (Å²) in [6, 6.07) is 3.01. The van der Waals surface area contributed by atoms with Crippen LogP contribution in [0.25, 0.3) is 0 Å². The minimum Gasteiger partial charge on any atom is -0.598 e. The van der Waals surface area contributed by atoms with Crippen LogP contribution in [0.15, 0.2) is 18.2 Å². The molecule has 3 N–H and O–H groups in total. The van der Waals surface area contributed by atoms with E-state index < -0.39 is 28.0 Å². The summed E-state index contributed by atoms with van der Waals surface area (Å²) in [7, 11) is 0. The first-order valence-corrected chi connectivity index (χ1v) is 7.18. The monoisotopic (exact) mass is 289 g/mol. The molecule has 1 aromatic carbocycles. The lowest BCUT2D eigenvalue weighted by molar-refractivity contribution is 0.271. The Morgan fingerprint density at radius 1 is 1.42 bits per heavy atom. The summed E-state index contributed by atoms with van der Waals surface area (Å²) in [5.74, 6) is -0.572. The van der Waals surface area contributed by atoms with Crippen LogP contribution in [0.4, 0.5) is 4.39 Å². The first-order valence-electron chi connectivity index (χ1n) is 6.03. The number of benzene rings is 1. The molecule has 0 saturated heterocycles. The fraction of sp³-hybridized carbons (Fsp3) is 0.538. The van der Waals surface area contributed by atoms with Crippen molar-refractivity contribution in [1.82, 2.24) is 4.72 Å². The molecule has 0 heterocycles. The molecule has 0 bridgehead atoms. The highest BCUT2D eigenvalue weighted by molar-refractivity contribution is 7.90. The fourth-order valence-corrected chi connectivity index (χ4v) is 2.37. The molecule has 1 rings (SSSR count). The average molecular weight is 289 g/mol. The molecule has 1 unspecified atom stereocenters. The number of aliphatic hydroxyl groups is 1. The van der Waals surface area contributed by atoms with Gasteiger partial charge in [-0.25, -0.2) is 4.39 Å². The number of hydrogen-bond donors (Lipinski definition) is 3. The number of nitrogens with one attached hydrogen (secondary N) is 1. The molecule has 0 amide bonds. The second kappa shape index (κ2) is 6.56. The fourth-order valence-electron chi connectivity index (χ4n) is 1.52. The largest absolute Gasteiger partial charge is 0.598 e. The van der Waals surface area contributed by atoms with Gasteiger partial charge in [0.05, 0.1) is 6.04 Å². The van der Waals surface area contributed by atoms with Crippen LogP contribution >= 0.6 is 0 Å². The van der Waals surface area contributed by atoms with Gasteiger partial charge in [0, 0.05) is 23.5 Å². The number of phenols is 1. The van der Waals surface area contributed by atoms with Gasteiger partial charge in [0.1, 0.15) is 16.3 Å². The van der Waals surface area contributed by atoms with Crippen LogP contribution in [-0.2, 0) is 11.4 Å². The lowest BCUT2D eigenvalue weighted by Crippen LogP contribution is -2.41. The lowest BCUT2D eigenvalue weighted by Gasteiger charge is -2.28. The van der Waals surface area contributed by atoms with Gasteiger partial charge in [-0.15, -0.1) is 4.72 Å². The highest BCUT2D eigenvalue weighted by Crippen LogP contribution is 2.29. The minimum absolute atomic E-state index is 0.0849. The van der Waals surface area contributed by atoms with E-state index in [0.717, 1.165) is 6.07 Å². The quantitative estimate of drug-likeness (QED) is 0.725. The summed E-state index contributed by atoms with van der Waals surface area (Å²) in [6.45, 7) is 5.25. The molecule has 0 saturated carbocycles. The Morgan fingerprint density at radius 2 is 2.05 bits per heavy atom. The van der Waals surface area contributed by atoms with Gasteiger partial charge in [0.2, 0.25) is 0 Å². The molecule has 19 heavy (non-hydrogen) atoms. The maximum atomic E-state index is 13.2. The Bertz CT molecular complexity index is 423. The van der Waals surface area contributed by atoms with Crippen LogP contribution in [0, 0.1) is 5.82 Å². The number of rotatable bonds is 5. The van der Waals surface area contributed by atoms with Gasteiger partial charge < -0.3 is 14.8 Å². The van der Waals surface area contributed by atoms with Crippen LogP contribution in [0.5, 0.6) is 5.75 Å². The van der Waals surface area contributed by atoms with Crippen molar-refractivity contribution in [3.05, 3.63) is 29.6 Å². The predicted molar refractivity (Wildman–Crippen MR) is 73.5 cm³/mol. The first-order chi connectivity index (χ1) is 8.75. The van der Waals surface area contributed by atoms with Crippen LogP contribution < -0.4 is 4.72 Å². The van der Waals surface area contributed by atoms with Gasteiger partial charge in [-0.2, -0.15) is 0 Å². The van der Waals surface area contributed by atoms with Crippen LogP contribution in [0.3, 0.4) is 0 Å². The van der Waals surface area contributed by atoms with Crippen molar-refractivity contribution in [3.8, 4) is 5.75 Å². The Kier molecular flexibility index (Phi) is 5.61. The molecule has 0 aliphatic carbocycles. The second-order valence-electron chi connectivity index (χ2n) is 5.27. The third kappa shape index (κ3) is 4.65. The van der Waals surface area contributed by atoms with E-state index >= 15 is 0 Å². The normalized spacial score (nSPS) is 15.3. The van der Waals surface area contributed by atoms with Gasteiger partial charge in [0.15, 0.2) is 0 Å². The van der Waals surface area contributed by atoms with Crippen molar-refractivity contribution in [1.29, 1.82) is 0 Å². The molecule has 0 aliphatic heterocycles. The Morgan fingerprint density at radius 3 is 2.58 bits per heavy atom. The standard InChI is InChI=1S/C13H20FNO3S/c1-13(2,3)19(18)15-11(6-7-16)10-8-9(14)4-5-12(10)17/h4-5,8,11,15-17H,6-7H2,1-3H3/t11-,19?/m1/s1. The predicted octanol–water partition coefficient (Wildman–Crippen LogP) is 2.01. The van der Waals surface area contributed by atoms with Crippen molar-refractivity contribution >= 4 is 11.4 Å². The number of aromatic hydroxyl groups is 1. The Labute approximate surface area is 116 Å². The maximum Gasteiger partial charge on any atom is 0.136 e. The highest BCUT2D eigenvalue weighted by atomic mass is 32.2. The van der Waals surface area contributed by atoms with Gasteiger partial charge >= 0.3 is 0 Å². The molecule has 0 aromatic heterocycles. The zero-order chi connectivity index (χ0) is 14.6. The molecular weight excluding hydrogens is 269 g/mol. The summed E-state index contributed by atoms with van der Waals surface area (Å²) in [5.41, 5.74) is 0.298. The Hall–Kier alpha value is -0.820. The van der Waals surface area contributed by atoms with Crippen molar-refractivity contribution in [2.45, 2.75) is 38.0 Å². The zero-order valence-corrected chi connectivity index (χ0v) is 12.1. The van der Waals surface area contributed by atoms with E-state index in [2.05, 4.69) is 4.72 Å². The SMILES string of the molecule is CC(C)(C)[S+]([O-])N[C@H](CCO)c1cc(F)ccc1O. The Balaban J connectivity index is 2.97. The molecule has 0 aliphatic rings. The van der Waals surface area contributed by atoms with Gasteiger partial charge in [-0.05, 0) is 45.4 Å². The molecule has 0 fully saturated rings. The van der Waals surface area contributed by atoms with Crippen molar-refractivity contribution < 1.29 is 19.2 Å². The van der Waals surface area contributed by atoms with Crippen molar-refractivity contribution in [2.75, 3.05) is 6.61 Å². The molecule has 0 radical (unpaired) electrons. The van der Waals surface area contributed by atoms with Crippen LogP contribution in [0.1, 0.15) is 38.8 Å². The van der Waals surface area contributed by atoms with Crippen molar-refractivity contribution in [3.63, 3.8) is 0 Å². The summed E-state index contributed by atoms with van der Waals surface area (Å²) in [4.78, 5) is 0. The molecule has 0 spiro atoms. The van der Waals surface area contributed by atoms with Gasteiger partial charge in [0.25, 0.3) is 0 Å². The molecule has 6 heteroatoms. The van der Waals surface area contributed by atoms with Gasteiger partial charge in [-0.1, -0.05) is 0 Å². The third-order valence-electron chi connectivity index (χ3n) is 2.59. The van der Waals surface area contributed by atoms with Crippen LogP contribution in [0.2, 0.25) is 0 Å². The molecular formula is C13H20FNO3S. The van der Waals surface area contributed by atoms with E-state index in [1.807, 2.05) is 0 Å². The smallest absolute Gasteiger partial charge is 0.136 e. The van der Waals surface area contributed by atoms with Crippen LogP contribution in [-0.4, -0.2) is 26.1 Å². The van der Waals surface area contributed by atoms with E-state index in [-0.39, 0.29) is 18.8 Å². The average Bonchev–Trinajstić information content (AvgIpc) is 2.30. The van der Waals surface area contributed by atoms with E-state index in [1.54, 1.807) is 20.8 Å². The summed E-state index contributed by atoms with van der Waals surface area (Å²) in [6.07, 6.45) is 0.235. The van der Waals surface area contributed by atoms with E-state index in [1.165, 1.54) is 12.1 Å². The second-order valence-corrected chi connectivity index (χ2v) is 7.26. The summed E-state index contributed by atoms with van der Waals surface area (Å²) < 4.78 is 27.6. The molecule has 1 aromatic rings.